The van der Waals surface area contributed by atoms with E-state index in [1.807, 2.05) is 36.4 Å². The van der Waals surface area contributed by atoms with Crippen LogP contribution in [-0.2, 0) is 12.8 Å². The molecule has 0 heterocycles. The summed E-state index contributed by atoms with van der Waals surface area (Å²) in [5, 5.41) is 23.8. The van der Waals surface area contributed by atoms with E-state index in [-0.39, 0.29) is 0 Å². The molecule has 460 valence electrons. The number of allylic oxidation sites excluding steroid dienone is 2. The maximum Gasteiger partial charge on any atom is -0.00268 e. The van der Waals surface area contributed by atoms with Gasteiger partial charge in [0.05, 0.1) is 0 Å². The SMILES string of the molecule is C1=Cc2ccccc2C1.C1=Cc2ccccc2C1.c1ccc2c(c1)ccc1ccc3ccccc3c12.c1ccc2c(c1)ccc1ccccc12.c1ccc2ccccc2c1.c1ccc2ccccc2c1.c1ccc2ccccc2c1.c1ccc2ccccc2c1.c1ccccc1. The molecule has 0 nitrogen and oxygen atoms in total. The van der Waals surface area contributed by atoms with E-state index in [2.05, 4.69) is 400 Å². The summed E-state index contributed by atoms with van der Waals surface area (Å²) in [4.78, 5) is 0. The summed E-state index contributed by atoms with van der Waals surface area (Å²) in [7, 11) is 0. The molecule has 2 aliphatic carbocycles. The molecule has 0 aliphatic heterocycles. The summed E-state index contributed by atoms with van der Waals surface area (Å²) in [5.41, 5.74) is 5.69. The van der Waals surface area contributed by atoms with Crippen molar-refractivity contribution in [1.29, 1.82) is 0 Å². The lowest BCUT2D eigenvalue weighted by Crippen LogP contribution is -1.80. The topological polar surface area (TPSA) is 0 Å². The van der Waals surface area contributed by atoms with Crippen molar-refractivity contribution in [2.45, 2.75) is 12.8 Å². The van der Waals surface area contributed by atoms with E-state index in [9.17, 15) is 0 Å². The van der Waals surface area contributed by atoms with Gasteiger partial charge in [-0.15, -0.1) is 0 Å². The minimum absolute atomic E-state index is 1.12. The summed E-state index contributed by atoms with van der Waals surface area (Å²) in [6, 6.07) is 143. The van der Waals surface area contributed by atoms with Crippen LogP contribution in [0.3, 0.4) is 0 Å². The molecule has 0 amide bonds. The highest BCUT2D eigenvalue weighted by molar-refractivity contribution is 6.20. The van der Waals surface area contributed by atoms with Crippen LogP contribution in [-0.4, -0.2) is 0 Å². The van der Waals surface area contributed by atoms with Gasteiger partial charge in [-0.05, 0) is 132 Å². The first-order valence-corrected chi connectivity index (χ1v) is 33.1. The van der Waals surface area contributed by atoms with Crippen LogP contribution >= 0.6 is 0 Å². The Morgan fingerprint density at radius 3 is 0.573 bits per heavy atom. The fraction of sp³-hybridized carbons (Fsp3) is 0.0208. The first-order chi connectivity index (χ1) is 47.7. The van der Waals surface area contributed by atoms with Gasteiger partial charge in [-0.25, -0.2) is 0 Å². The lowest BCUT2D eigenvalue weighted by atomic mass is 9.97. The molecule has 0 atom stereocenters. The molecule has 0 unspecified atom stereocenters. The molecule has 18 aromatic carbocycles. The molecule has 0 bridgehead atoms. The van der Waals surface area contributed by atoms with Crippen molar-refractivity contribution < 1.29 is 0 Å². The van der Waals surface area contributed by atoms with Crippen molar-refractivity contribution in [3.8, 4) is 0 Å². The molecule has 0 N–H and O–H groups in total. The molecule has 0 radical (unpaired) electrons. The van der Waals surface area contributed by atoms with Crippen molar-refractivity contribution in [2.24, 2.45) is 0 Å². The zero-order chi connectivity index (χ0) is 65.0. The second kappa shape index (κ2) is 33.9. The third-order valence-corrected chi connectivity index (χ3v) is 17.0. The fourth-order valence-electron chi connectivity index (χ4n) is 12.0. The highest BCUT2D eigenvalue weighted by Gasteiger charge is 2.05. The third kappa shape index (κ3) is 17.5. The maximum absolute atomic E-state index is 2.21. The molecule has 0 saturated carbocycles. The van der Waals surface area contributed by atoms with Crippen molar-refractivity contribution in [2.75, 3.05) is 0 Å². The quantitative estimate of drug-likeness (QED) is 0.133. The fourth-order valence-corrected chi connectivity index (χ4v) is 12.0. The number of rotatable bonds is 0. The lowest BCUT2D eigenvalue weighted by Gasteiger charge is -2.07. The minimum Gasteiger partial charge on any atom is -0.0795 e. The monoisotopic (exact) mass is 1230 g/mol. The molecule has 0 heteroatoms. The smallest absolute Gasteiger partial charge is 0.00268 e. The van der Waals surface area contributed by atoms with Crippen LogP contribution < -0.4 is 0 Å². The molecule has 20 rings (SSSR count). The molecule has 0 spiro atoms. The van der Waals surface area contributed by atoms with Gasteiger partial charge in [-0.3, -0.25) is 0 Å². The molecule has 0 fully saturated rings. The van der Waals surface area contributed by atoms with E-state index in [0.717, 1.165) is 12.8 Å². The van der Waals surface area contributed by atoms with Gasteiger partial charge in [-0.1, -0.05) is 437 Å². The summed E-state index contributed by atoms with van der Waals surface area (Å²) in [6.45, 7) is 0. The predicted octanol–water partition coefficient (Wildman–Crippen LogP) is 26.7. The first kappa shape index (κ1) is 63.9. The van der Waals surface area contributed by atoms with Crippen molar-refractivity contribution in [3.63, 3.8) is 0 Å². The molecule has 0 saturated heterocycles. The van der Waals surface area contributed by atoms with Gasteiger partial charge in [0, 0.05) is 0 Å². The van der Waals surface area contributed by atoms with Crippen molar-refractivity contribution in [3.05, 3.63) is 447 Å². The van der Waals surface area contributed by atoms with Gasteiger partial charge in [0.15, 0.2) is 0 Å². The molecule has 0 aromatic heterocycles. The Balaban J connectivity index is 0.000000105. The Morgan fingerprint density at radius 1 is 0.135 bits per heavy atom. The Kier molecular flexibility index (Phi) is 22.6. The molecule has 18 aromatic rings. The second-order valence-electron chi connectivity index (χ2n) is 23.3. The maximum atomic E-state index is 2.21. The van der Waals surface area contributed by atoms with E-state index < -0.39 is 0 Å². The normalized spacial score (nSPS) is 11.0. The van der Waals surface area contributed by atoms with Crippen LogP contribution in [0.25, 0.3) is 109 Å². The minimum atomic E-state index is 1.12. The van der Waals surface area contributed by atoms with E-state index in [1.54, 1.807) is 0 Å². The molecular weight excluding hydrogens is 1150 g/mol. The highest BCUT2D eigenvalue weighted by Crippen LogP contribution is 2.32. The number of hydrogen-bond donors (Lipinski definition) is 0. The van der Waals surface area contributed by atoms with Crippen molar-refractivity contribution in [1.82, 2.24) is 0 Å². The third-order valence-electron chi connectivity index (χ3n) is 17.0. The zero-order valence-electron chi connectivity index (χ0n) is 54.0. The summed E-state index contributed by atoms with van der Waals surface area (Å²) >= 11 is 0. The number of benzene rings is 18. The highest BCUT2D eigenvalue weighted by atomic mass is 14.1. The Hall–Kier alpha value is -12.2. The first-order valence-electron chi connectivity index (χ1n) is 33.1. The summed E-state index contributed by atoms with van der Waals surface area (Å²) < 4.78 is 0. The van der Waals surface area contributed by atoms with Gasteiger partial charge in [0.2, 0.25) is 0 Å². The average Bonchev–Trinajstić information content (AvgIpc) is 0.851. The number of hydrogen-bond acceptors (Lipinski definition) is 0. The van der Waals surface area contributed by atoms with Gasteiger partial charge in [0.25, 0.3) is 0 Å². The van der Waals surface area contributed by atoms with Gasteiger partial charge >= 0.3 is 0 Å². The van der Waals surface area contributed by atoms with Crippen LogP contribution in [0, 0.1) is 0 Å². The van der Waals surface area contributed by atoms with Crippen molar-refractivity contribution >= 4 is 109 Å². The Morgan fingerprint density at radius 2 is 0.323 bits per heavy atom. The van der Waals surface area contributed by atoms with E-state index >= 15 is 0 Å². The van der Waals surface area contributed by atoms with Crippen LogP contribution in [0.15, 0.2) is 425 Å². The van der Waals surface area contributed by atoms with Crippen LogP contribution in [0.4, 0.5) is 0 Å². The molecular formula is C96H76. The second-order valence-corrected chi connectivity index (χ2v) is 23.3. The van der Waals surface area contributed by atoms with E-state index in [4.69, 9.17) is 0 Å². The van der Waals surface area contributed by atoms with Crippen LogP contribution in [0.1, 0.15) is 22.3 Å². The van der Waals surface area contributed by atoms with E-state index in [1.165, 1.54) is 119 Å². The van der Waals surface area contributed by atoms with Gasteiger partial charge in [0.1, 0.15) is 0 Å². The van der Waals surface area contributed by atoms with Crippen LogP contribution in [0.5, 0.6) is 0 Å². The Labute approximate surface area is 565 Å². The van der Waals surface area contributed by atoms with Gasteiger partial charge in [-0.2, -0.15) is 0 Å². The lowest BCUT2D eigenvalue weighted by molar-refractivity contribution is 1.31. The zero-order valence-corrected chi connectivity index (χ0v) is 54.0. The standard InChI is InChI=1S/C18H12.C14H10.4C10H8.2C9H8.C6H6/c1-3-7-16-13(5-1)9-11-15-12-10-14-6-2-4-8-17(14)18(15)16;1-3-7-13-11(5-1)9-10-12-6-2-4-8-14(12)13;4*1-2-6-10-8-4-3-7-9(10)5-1;2*1-2-5-9-7-3-6-8(9)4-1;1-2-4-6-5-3-1/h1-12H;1-10H;4*1-8H;2*1-6H,7H2;1-6H. The van der Waals surface area contributed by atoms with E-state index in [0.29, 0.717) is 0 Å². The number of fused-ring (bicyclic) bond motifs is 14. The summed E-state index contributed by atoms with van der Waals surface area (Å²) in [5.74, 6) is 0. The predicted molar refractivity (Wildman–Crippen MR) is 421 cm³/mol. The van der Waals surface area contributed by atoms with Crippen LogP contribution in [0.2, 0.25) is 0 Å². The van der Waals surface area contributed by atoms with Gasteiger partial charge < -0.3 is 0 Å². The Bertz CT molecular complexity index is 4750. The average molecular weight is 1230 g/mol. The molecule has 96 heavy (non-hydrogen) atoms. The molecule has 2 aliphatic rings. The largest absolute Gasteiger partial charge is 0.0795 e. The summed E-state index contributed by atoms with van der Waals surface area (Å²) in [6.07, 6.45) is 11.0.